The maximum Gasteiger partial charge on any atom is 0.251 e. The maximum absolute atomic E-state index is 13.3. The molecule has 3 aromatic rings. The molecule has 1 N–H and O–H groups in total. The third kappa shape index (κ3) is 5.71. The van der Waals surface area contributed by atoms with Gasteiger partial charge in [0.2, 0.25) is 0 Å². The van der Waals surface area contributed by atoms with Crippen LogP contribution in [0, 0.1) is 5.82 Å². The smallest absolute Gasteiger partial charge is 0.251 e. The molecular weight excluding hydrogens is 415 g/mol. The monoisotopic (exact) mass is 446 g/mol. The summed E-state index contributed by atoms with van der Waals surface area (Å²) in [7, 11) is 4.06. The zero-order valence-corrected chi connectivity index (χ0v) is 19.2. The summed E-state index contributed by atoms with van der Waals surface area (Å²) in [6.07, 6.45) is 0. The summed E-state index contributed by atoms with van der Waals surface area (Å²) in [5.41, 5.74) is 4.04. The number of carbonyl (C=O) groups is 1. The van der Waals surface area contributed by atoms with Crippen molar-refractivity contribution in [1.82, 2.24) is 10.2 Å². The second kappa shape index (κ2) is 10.5. The van der Waals surface area contributed by atoms with E-state index in [4.69, 9.17) is 0 Å². The van der Waals surface area contributed by atoms with Crippen molar-refractivity contribution >= 4 is 17.3 Å². The van der Waals surface area contributed by atoms with E-state index < -0.39 is 0 Å². The van der Waals surface area contributed by atoms with Crippen LogP contribution in [0.15, 0.2) is 78.9 Å². The van der Waals surface area contributed by atoms with Gasteiger partial charge in [-0.25, -0.2) is 4.39 Å². The Labute approximate surface area is 195 Å². The number of carbonyl (C=O) groups excluding carboxylic acids is 1. The molecule has 0 aliphatic carbocycles. The van der Waals surface area contributed by atoms with Crippen LogP contribution in [0.4, 0.5) is 15.8 Å². The van der Waals surface area contributed by atoms with Gasteiger partial charge in [0, 0.05) is 63.8 Å². The molecule has 0 radical (unpaired) electrons. The second-order valence-electron chi connectivity index (χ2n) is 8.58. The summed E-state index contributed by atoms with van der Waals surface area (Å²) in [6.45, 7) is 3.96. The van der Waals surface area contributed by atoms with E-state index >= 15 is 0 Å². The van der Waals surface area contributed by atoms with E-state index in [1.54, 1.807) is 0 Å². The van der Waals surface area contributed by atoms with E-state index in [-0.39, 0.29) is 17.8 Å². The minimum atomic E-state index is -0.215. The summed E-state index contributed by atoms with van der Waals surface area (Å²) in [6, 6.07) is 24.6. The zero-order chi connectivity index (χ0) is 23.2. The summed E-state index contributed by atoms with van der Waals surface area (Å²) >= 11 is 0. The fourth-order valence-corrected chi connectivity index (χ4v) is 4.28. The Balaban J connectivity index is 1.47. The van der Waals surface area contributed by atoms with Crippen molar-refractivity contribution in [2.75, 3.05) is 56.6 Å². The molecule has 33 heavy (non-hydrogen) atoms. The molecule has 1 heterocycles. The fraction of sp³-hybridized carbons (Fsp3) is 0.296. The molecule has 0 saturated carbocycles. The number of halogens is 1. The van der Waals surface area contributed by atoms with Crippen molar-refractivity contribution in [1.29, 1.82) is 0 Å². The average molecular weight is 447 g/mol. The fourth-order valence-electron chi connectivity index (χ4n) is 4.28. The van der Waals surface area contributed by atoms with Crippen molar-refractivity contribution < 1.29 is 9.18 Å². The minimum Gasteiger partial charge on any atom is -0.378 e. The van der Waals surface area contributed by atoms with Gasteiger partial charge in [0.15, 0.2) is 0 Å². The minimum absolute atomic E-state index is 0.0598. The number of rotatable bonds is 7. The van der Waals surface area contributed by atoms with Crippen molar-refractivity contribution in [2.24, 2.45) is 0 Å². The topological polar surface area (TPSA) is 38.8 Å². The highest BCUT2D eigenvalue weighted by Crippen LogP contribution is 2.26. The van der Waals surface area contributed by atoms with Crippen LogP contribution in [-0.4, -0.2) is 57.6 Å². The molecule has 1 aliphatic rings. The highest BCUT2D eigenvalue weighted by Gasteiger charge is 2.26. The Hall–Kier alpha value is -3.38. The lowest BCUT2D eigenvalue weighted by Crippen LogP contribution is -2.50. The van der Waals surface area contributed by atoms with Gasteiger partial charge >= 0.3 is 0 Å². The maximum atomic E-state index is 13.3. The first-order valence-corrected chi connectivity index (χ1v) is 11.4. The molecule has 1 saturated heterocycles. The second-order valence-corrected chi connectivity index (χ2v) is 8.58. The van der Waals surface area contributed by atoms with Gasteiger partial charge in [0.05, 0.1) is 6.04 Å². The van der Waals surface area contributed by atoms with E-state index in [2.05, 4.69) is 44.3 Å². The zero-order valence-electron chi connectivity index (χ0n) is 19.2. The number of nitrogens with one attached hydrogen (secondary N) is 1. The molecule has 0 aromatic heterocycles. The SMILES string of the molecule is CN(C)c1ccc([C@@H](CNC(=O)c2ccccc2)N2CCN(c3ccc(F)cc3)CC2)cc1. The summed E-state index contributed by atoms with van der Waals surface area (Å²) in [5.74, 6) is -0.275. The number of anilines is 2. The number of hydrogen-bond donors (Lipinski definition) is 1. The van der Waals surface area contributed by atoms with Gasteiger partial charge in [-0.1, -0.05) is 30.3 Å². The lowest BCUT2D eigenvalue weighted by Gasteiger charge is -2.40. The average Bonchev–Trinajstić information content (AvgIpc) is 2.86. The van der Waals surface area contributed by atoms with Crippen molar-refractivity contribution in [3.05, 3.63) is 95.8 Å². The molecule has 1 amide bonds. The standard InChI is InChI=1S/C27H31FN4O/c1-30(2)24-12-8-21(9-13-24)26(20-29-27(33)22-6-4-3-5-7-22)32-18-16-31(17-19-32)25-14-10-23(28)11-15-25/h3-15,26H,16-20H2,1-2H3,(H,29,33)/t26-/m1/s1. The molecule has 4 rings (SSSR count). The molecule has 5 nitrogen and oxygen atoms in total. The predicted octanol–water partition coefficient (Wildman–Crippen LogP) is 4.19. The van der Waals surface area contributed by atoms with Gasteiger partial charge in [-0.05, 0) is 54.1 Å². The van der Waals surface area contributed by atoms with Crippen molar-refractivity contribution in [3.63, 3.8) is 0 Å². The first-order valence-electron chi connectivity index (χ1n) is 11.4. The Kier molecular flexibility index (Phi) is 7.25. The number of nitrogens with zero attached hydrogens (tertiary/aromatic N) is 3. The number of amides is 1. The molecule has 1 aliphatic heterocycles. The van der Waals surface area contributed by atoms with E-state index in [1.807, 2.05) is 56.6 Å². The summed E-state index contributed by atoms with van der Waals surface area (Å²) < 4.78 is 13.3. The van der Waals surface area contributed by atoms with Crippen LogP contribution in [0.3, 0.4) is 0 Å². The van der Waals surface area contributed by atoms with E-state index in [0.717, 1.165) is 37.6 Å². The van der Waals surface area contributed by atoms with Crippen LogP contribution >= 0.6 is 0 Å². The predicted molar refractivity (Wildman–Crippen MR) is 132 cm³/mol. The van der Waals surface area contributed by atoms with Crippen LogP contribution in [0.2, 0.25) is 0 Å². The summed E-state index contributed by atoms with van der Waals surface area (Å²) in [4.78, 5) is 19.5. The lowest BCUT2D eigenvalue weighted by atomic mass is 10.0. The highest BCUT2D eigenvalue weighted by molar-refractivity contribution is 5.94. The third-order valence-corrected chi connectivity index (χ3v) is 6.23. The van der Waals surface area contributed by atoms with Crippen LogP contribution < -0.4 is 15.1 Å². The molecule has 0 unspecified atom stereocenters. The van der Waals surface area contributed by atoms with Crippen LogP contribution in [0.25, 0.3) is 0 Å². The van der Waals surface area contributed by atoms with Crippen LogP contribution in [0.1, 0.15) is 22.0 Å². The van der Waals surface area contributed by atoms with Crippen LogP contribution in [-0.2, 0) is 0 Å². The molecule has 1 atom stereocenters. The third-order valence-electron chi connectivity index (χ3n) is 6.23. The Bertz CT molecular complexity index is 1030. The quantitative estimate of drug-likeness (QED) is 0.591. The van der Waals surface area contributed by atoms with Gasteiger partial charge in [0.1, 0.15) is 5.82 Å². The molecule has 0 spiro atoms. The van der Waals surface area contributed by atoms with Gasteiger partial charge < -0.3 is 15.1 Å². The molecule has 0 bridgehead atoms. The van der Waals surface area contributed by atoms with Crippen molar-refractivity contribution in [3.8, 4) is 0 Å². The highest BCUT2D eigenvalue weighted by atomic mass is 19.1. The van der Waals surface area contributed by atoms with E-state index in [0.29, 0.717) is 12.1 Å². The summed E-state index contributed by atoms with van der Waals surface area (Å²) in [5, 5.41) is 3.14. The van der Waals surface area contributed by atoms with E-state index in [1.165, 1.54) is 17.7 Å². The molecule has 3 aromatic carbocycles. The van der Waals surface area contributed by atoms with Gasteiger partial charge in [-0.2, -0.15) is 0 Å². The van der Waals surface area contributed by atoms with Gasteiger partial charge in [0.25, 0.3) is 5.91 Å². The Morgan fingerprint density at radius 3 is 2.15 bits per heavy atom. The van der Waals surface area contributed by atoms with Crippen molar-refractivity contribution in [2.45, 2.75) is 6.04 Å². The van der Waals surface area contributed by atoms with Crippen LogP contribution in [0.5, 0.6) is 0 Å². The molecule has 6 heteroatoms. The van der Waals surface area contributed by atoms with Gasteiger partial charge in [-0.15, -0.1) is 0 Å². The van der Waals surface area contributed by atoms with Gasteiger partial charge in [-0.3, -0.25) is 9.69 Å². The van der Waals surface area contributed by atoms with E-state index in [9.17, 15) is 9.18 Å². The Morgan fingerprint density at radius 1 is 0.909 bits per heavy atom. The largest absolute Gasteiger partial charge is 0.378 e. The molecule has 1 fully saturated rings. The lowest BCUT2D eigenvalue weighted by molar-refractivity contribution is 0.0930. The Morgan fingerprint density at radius 2 is 1.55 bits per heavy atom. The first kappa shape index (κ1) is 22.8. The normalized spacial score (nSPS) is 15.2. The number of benzene rings is 3. The number of hydrogen-bond acceptors (Lipinski definition) is 4. The number of piperazine rings is 1. The molecular formula is C27H31FN4O. The molecule has 172 valence electrons. The first-order chi connectivity index (χ1) is 16.0.